The minimum atomic E-state index is -1.09. The van der Waals surface area contributed by atoms with E-state index >= 15 is 0 Å². The van der Waals surface area contributed by atoms with Crippen LogP contribution >= 0.6 is 11.3 Å². The van der Waals surface area contributed by atoms with Crippen molar-refractivity contribution in [2.75, 3.05) is 32.3 Å². The Balaban J connectivity index is 1.85. The molecule has 220 valence electrons. The zero-order valence-corrected chi connectivity index (χ0v) is 24.7. The lowest BCUT2D eigenvalue weighted by molar-refractivity contribution is -0.132. The number of amides is 1. The van der Waals surface area contributed by atoms with Gasteiger partial charge in [-0.25, -0.2) is 9.78 Å². The molecule has 1 unspecified atom stereocenters. The molecule has 0 saturated carbocycles. The zero-order chi connectivity index (χ0) is 30.4. The number of nitrogens with zero attached hydrogens (tertiary/aromatic N) is 2. The van der Waals surface area contributed by atoms with Crippen LogP contribution < -0.4 is 19.1 Å². The van der Waals surface area contributed by atoms with Crippen LogP contribution in [0.5, 0.6) is 17.2 Å². The van der Waals surface area contributed by atoms with Crippen LogP contribution in [0.1, 0.15) is 52.3 Å². The van der Waals surface area contributed by atoms with Gasteiger partial charge in [-0.3, -0.25) is 14.5 Å². The van der Waals surface area contributed by atoms with E-state index in [1.54, 1.807) is 49.4 Å². The second-order valence-electron chi connectivity index (χ2n) is 9.31. The molecule has 10 nitrogen and oxygen atoms in total. The van der Waals surface area contributed by atoms with Gasteiger partial charge in [-0.1, -0.05) is 43.4 Å². The van der Waals surface area contributed by atoms with Gasteiger partial charge in [-0.05, 0) is 55.3 Å². The number of anilines is 1. The van der Waals surface area contributed by atoms with Gasteiger partial charge >= 0.3 is 11.9 Å². The van der Waals surface area contributed by atoms with E-state index in [0.717, 1.165) is 24.2 Å². The van der Waals surface area contributed by atoms with Crippen LogP contribution in [-0.2, 0) is 14.3 Å². The third-order valence-electron chi connectivity index (χ3n) is 6.57. The van der Waals surface area contributed by atoms with Crippen molar-refractivity contribution in [2.24, 2.45) is 0 Å². The van der Waals surface area contributed by atoms with E-state index in [0.29, 0.717) is 40.7 Å². The summed E-state index contributed by atoms with van der Waals surface area (Å²) < 4.78 is 21.7. The molecule has 1 aromatic heterocycles. The molecule has 42 heavy (non-hydrogen) atoms. The number of ether oxygens (including phenoxy) is 4. The first kappa shape index (κ1) is 30.3. The van der Waals surface area contributed by atoms with Crippen molar-refractivity contribution in [1.29, 1.82) is 0 Å². The number of benzene rings is 2. The predicted molar refractivity (Wildman–Crippen MR) is 159 cm³/mol. The fourth-order valence-electron chi connectivity index (χ4n) is 4.44. The topological polar surface area (TPSA) is 124 Å². The van der Waals surface area contributed by atoms with Gasteiger partial charge in [0, 0.05) is 5.56 Å². The summed E-state index contributed by atoms with van der Waals surface area (Å²) in [6.45, 7) is 7.78. The average molecular weight is 593 g/mol. The van der Waals surface area contributed by atoms with Gasteiger partial charge in [0.05, 0.1) is 38.1 Å². The zero-order valence-electron chi connectivity index (χ0n) is 23.8. The molecular formula is C31H32N2O8S. The highest BCUT2D eigenvalue weighted by molar-refractivity contribution is 7.17. The molecule has 1 atom stereocenters. The molecule has 2 heterocycles. The van der Waals surface area contributed by atoms with Crippen molar-refractivity contribution in [3.63, 3.8) is 0 Å². The molecule has 4 rings (SSSR count). The van der Waals surface area contributed by atoms with Gasteiger partial charge in [0.15, 0.2) is 16.6 Å². The number of hydrogen-bond donors (Lipinski definition) is 1. The minimum Gasteiger partial charge on any atom is -0.507 e. The average Bonchev–Trinajstić information content (AvgIpc) is 3.51. The number of ketones is 1. The highest BCUT2D eigenvalue weighted by atomic mass is 32.1. The van der Waals surface area contributed by atoms with Crippen LogP contribution in [0.25, 0.3) is 5.76 Å². The Kier molecular flexibility index (Phi) is 9.64. The summed E-state index contributed by atoms with van der Waals surface area (Å²) in [5.74, 6) is -1.39. The summed E-state index contributed by atoms with van der Waals surface area (Å²) in [6.07, 6.45) is 3.33. The second-order valence-corrected chi connectivity index (χ2v) is 10.3. The van der Waals surface area contributed by atoms with E-state index in [2.05, 4.69) is 18.5 Å². The molecule has 1 amide bonds. The van der Waals surface area contributed by atoms with Crippen molar-refractivity contribution in [2.45, 2.75) is 32.7 Å². The number of hydrogen-bond acceptors (Lipinski definition) is 10. The van der Waals surface area contributed by atoms with E-state index in [-0.39, 0.29) is 27.9 Å². The predicted octanol–water partition coefficient (Wildman–Crippen LogP) is 5.62. The van der Waals surface area contributed by atoms with Crippen LogP contribution in [0, 0.1) is 6.92 Å². The first-order valence-corrected chi connectivity index (χ1v) is 14.1. The number of rotatable bonds is 12. The van der Waals surface area contributed by atoms with Crippen molar-refractivity contribution in [3.8, 4) is 17.2 Å². The number of aryl methyl sites for hydroxylation is 1. The maximum absolute atomic E-state index is 13.6. The maximum atomic E-state index is 13.6. The number of aliphatic hydroxyl groups is 1. The fourth-order valence-corrected chi connectivity index (χ4v) is 5.43. The lowest BCUT2D eigenvalue weighted by Crippen LogP contribution is -2.29. The van der Waals surface area contributed by atoms with Crippen LogP contribution in [0.4, 0.5) is 5.13 Å². The van der Waals surface area contributed by atoms with Crippen molar-refractivity contribution < 1.29 is 38.4 Å². The molecule has 1 N–H and O–H groups in total. The molecule has 0 bridgehead atoms. The maximum Gasteiger partial charge on any atom is 0.350 e. The number of esters is 1. The molecule has 3 aromatic rings. The summed E-state index contributed by atoms with van der Waals surface area (Å²) in [7, 11) is 2.96. The summed E-state index contributed by atoms with van der Waals surface area (Å²) in [6, 6.07) is 10.5. The number of Topliss-reactive ketones (excluding diaryl/α,β-unsaturated/α-hetero) is 1. The molecule has 1 saturated heterocycles. The van der Waals surface area contributed by atoms with E-state index in [1.165, 1.54) is 25.2 Å². The molecule has 0 aliphatic carbocycles. The van der Waals surface area contributed by atoms with Crippen molar-refractivity contribution >= 4 is 39.9 Å². The third-order valence-corrected chi connectivity index (χ3v) is 7.71. The smallest absolute Gasteiger partial charge is 0.350 e. The molecule has 0 radical (unpaired) electrons. The fraction of sp³-hybridized carbons (Fsp3) is 0.290. The monoisotopic (exact) mass is 592 g/mol. The highest BCUT2D eigenvalue weighted by Gasteiger charge is 2.48. The number of thiazole rings is 1. The van der Waals surface area contributed by atoms with Crippen LogP contribution in [0.3, 0.4) is 0 Å². The largest absolute Gasteiger partial charge is 0.507 e. The lowest BCUT2D eigenvalue weighted by atomic mass is 9.95. The molecule has 11 heteroatoms. The van der Waals surface area contributed by atoms with Crippen molar-refractivity contribution in [1.82, 2.24) is 4.98 Å². The summed E-state index contributed by atoms with van der Waals surface area (Å²) in [5.41, 5.74) is 0.966. The molecule has 1 aliphatic rings. The molecule has 0 spiro atoms. The molecule has 1 aliphatic heterocycles. The van der Waals surface area contributed by atoms with Crippen LogP contribution in [0.2, 0.25) is 0 Å². The number of aromatic nitrogens is 1. The van der Waals surface area contributed by atoms with Crippen molar-refractivity contribution in [3.05, 3.63) is 82.4 Å². The van der Waals surface area contributed by atoms with Crippen LogP contribution in [0.15, 0.2) is 60.7 Å². The van der Waals surface area contributed by atoms with Gasteiger partial charge in [-0.15, -0.1) is 0 Å². The Hall–Kier alpha value is -4.64. The van der Waals surface area contributed by atoms with E-state index in [4.69, 9.17) is 18.9 Å². The van der Waals surface area contributed by atoms with Gasteiger partial charge in [0.2, 0.25) is 0 Å². The SMILES string of the molecule is C=CCOC(=O)c1sc(N2C(=O)C(=O)/C(=C(/O)c3ccc(OCCCC)cc3)C2c2ccc(OC)c(OC)c2)nc1C. The Morgan fingerprint density at radius 2 is 1.83 bits per heavy atom. The Bertz CT molecular complexity index is 1530. The lowest BCUT2D eigenvalue weighted by Gasteiger charge is -2.23. The van der Waals surface area contributed by atoms with E-state index in [9.17, 15) is 19.5 Å². The van der Waals surface area contributed by atoms with Gasteiger partial charge < -0.3 is 24.1 Å². The summed E-state index contributed by atoms with van der Waals surface area (Å²) in [5, 5.41) is 11.6. The number of aliphatic hydroxyl groups excluding tert-OH is 1. The molecule has 1 fully saturated rings. The Morgan fingerprint density at radius 1 is 1.12 bits per heavy atom. The Morgan fingerprint density at radius 3 is 2.48 bits per heavy atom. The summed E-state index contributed by atoms with van der Waals surface area (Å²) in [4.78, 5) is 45.5. The number of carbonyl (C=O) groups excluding carboxylic acids is 3. The van der Waals surface area contributed by atoms with E-state index < -0.39 is 23.7 Å². The highest BCUT2D eigenvalue weighted by Crippen LogP contribution is 2.45. The number of methoxy groups -OCH3 is 2. The molecule has 2 aromatic carbocycles. The quantitative estimate of drug-likeness (QED) is 0.0713. The summed E-state index contributed by atoms with van der Waals surface area (Å²) >= 11 is 0.914. The number of unbranched alkanes of at least 4 members (excludes halogenated alkanes) is 1. The second kappa shape index (κ2) is 13.3. The normalized spacial score (nSPS) is 15.9. The number of carbonyl (C=O) groups is 3. The van der Waals surface area contributed by atoms with Gasteiger partial charge in [-0.2, -0.15) is 0 Å². The minimum absolute atomic E-state index is 0.00406. The van der Waals surface area contributed by atoms with Gasteiger partial charge in [0.25, 0.3) is 5.78 Å². The van der Waals surface area contributed by atoms with Crippen LogP contribution in [-0.4, -0.2) is 55.2 Å². The Labute approximate surface area is 247 Å². The third kappa shape index (κ3) is 6.01. The first-order valence-electron chi connectivity index (χ1n) is 13.3. The molecular weight excluding hydrogens is 560 g/mol. The standard InChI is InChI=1S/C31H32N2O8S/c1-6-8-16-40-21-12-9-19(10-13-21)26(34)24-25(20-11-14-22(38-4)23(17-20)39-5)33(29(36)27(24)35)31-32-18(3)28(42-31)30(37)41-15-7-2/h7,9-14,17,25,34H,2,6,8,15-16H2,1,3-5H3/b26-24+. The first-order chi connectivity index (χ1) is 20.2. The van der Waals surface area contributed by atoms with Gasteiger partial charge in [0.1, 0.15) is 23.0 Å². The van der Waals surface area contributed by atoms with E-state index in [1.807, 2.05) is 0 Å².